The zero-order valence-corrected chi connectivity index (χ0v) is 5.70. The summed E-state index contributed by atoms with van der Waals surface area (Å²) in [6, 6.07) is 0. The second-order valence-electron chi connectivity index (χ2n) is 2.38. The molecule has 0 spiro atoms. The first-order chi connectivity index (χ1) is 4.36. The maximum atomic E-state index is 4.93. The SMILES string of the molecule is S=c1[nH]c(C2CC2)co1. The molecule has 0 aliphatic heterocycles. The second kappa shape index (κ2) is 1.70. The molecule has 0 unspecified atom stereocenters. The summed E-state index contributed by atoms with van der Waals surface area (Å²) < 4.78 is 4.93. The minimum Gasteiger partial charge on any atom is -0.438 e. The van der Waals surface area contributed by atoms with Crippen LogP contribution in [0.15, 0.2) is 10.7 Å². The molecule has 1 aliphatic carbocycles. The molecular formula is C6H7NOS. The van der Waals surface area contributed by atoms with E-state index in [1.165, 1.54) is 18.5 Å². The number of H-pyrrole nitrogens is 1. The maximum Gasteiger partial charge on any atom is 0.266 e. The van der Waals surface area contributed by atoms with Gasteiger partial charge in [-0.2, -0.15) is 0 Å². The third kappa shape index (κ3) is 0.920. The van der Waals surface area contributed by atoms with E-state index < -0.39 is 0 Å². The molecule has 1 heterocycles. The van der Waals surface area contributed by atoms with Crippen LogP contribution in [0.5, 0.6) is 0 Å². The van der Waals surface area contributed by atoms with Crippen LogP contribution in [-0.4, -0.2) is 4.98 Å². The van der Waals surface area contributed by atoms with Crippen molar-refractivity contribution in [2.45, 2.75) is 18.8 Å². The van der Waals surface area contributed by atoms with Crippen LogP contribution in [0.1, 0.15) is 24.5 Å². The summed E-state index contributed by atoms with van der Waals surface area (Å²) in [6.45, 7) is 0. The summed E-state index contributed by atoms with van der Waals surface area (Å²) in [7, 11) is 0. The fraction of sp³-hybridized carbons (Fsp3) is 0.500. The topological polar surface area (TPSA) is 28.9 Å². The minimum absolute atomic E-state index is 0.497. The van der Waals surface area contributed by atoms with Crippen LogP contribution in [0, 0.1) is 4.84 Å². The van der Waals surface area contributed by atoms with Crippen molar-refractivity contribution in [3.63, 3.8) is 0 Å². The Morgan fingerprint density at radius 2 is 2.44 bits per heavy atom. The Balaban J connectivity index is 2.38. The van der Waals surface area contributed by atoms with E-state index in [0.29, 0.717) is 10.8 Å². The Kier molecular flexibility index (Phi) is 0.990. The van der Waals surface area contributed by atoms with Crippen LogP contribution in [-0.2, 0) is 0 Å². The first kappa shape index (κ1) is 5.23. The van der Waals surface area contributed by atoms with Gasteiger partial charge in [0.1, 0.15) is 6.26 Å². The van der Waals surface area contributed by atoms with Gasteiger partial charge in [-0.3, -0.25) is 0 Å². The van der Waals surface area contributed by atoms with Gasteiger partial charge in [-0.25, -0.2) is 0 Å². The summed E-state index contributed by atoms with van der Waals surface area (Å²) in [5.74, 6) is 0.713. The standard InChI is InChI=1S/C6H7NOS/c9-6-7-5(3-8-6)4-1-2-4/h3-4H,1-2H2,(H,7,9). The molecule has 0 bridgehead atoms. The molecule has 3 heteroatoms. The van der Waals surface area contributed by atoms with E-state index in [1.807, 2.05) is 0 Å². The van der Waals surface area contributed by atoms with Crippen LogP contribution in [0.4, 0.5) is 0 Å². The van der Waals surface area contributed by atoms with Gasteiger partial charge in [0, 0.05) is 5.92 Å². The first-order valence-electron chi connectivity index (χ1n) is 3.04. The molecule has 1 aromatic heterocycles. The Bertz CT molecular complexity index is 258. The van der Waals surface area contributed by atoms with Gasteiger partial charge in [0.05, 0.1) is 5.69 Å². The van der Waals surface area contributed by atoms with Crippen molar-refractivity contribution in [1.82, 2.24) is 4.98 Å². The number of rotatable bonds is 1. The molecule has 2 rings (SSSR count). The highest BCUT2D eigenvalue weighted by Crippen LogP contribution is 2.38. The van der Waals surface area contributed by atoms with Gasteiger partial charge in [0.25, 0.3) is 4.84 Å². The largest absolute Gasteiger partial charge is 0.438 e. The minimum atomic E-state index is 0.497. The van der Waals surface area contributed by atoms with Gasteiger partial charge in [0.2, 0.25) is 0 Å². The molecule has 2 nitrogen and oxygen atoms in total. The van der Waals surface area contributed by atoms with Crippen LogP contribution < -0.4 is 0 Å². The Morgan fingerprint density at radius 1 is 1.67 bits per heavy atom. The highest BCUT2D eigenvalue weighted by atomic mass is 32.1. The molecule has 1 fully saturated rings. The van der Waals surface area contributed by atoms with Crippen LogP contribution in [0.3, 0.4) is 0 Å². The Labute approximate surface area is 57.9 Å². The van der Waals surface area contributed by atoms with E-state index >= 15 is 0 Å². The van der Waals surface area contributed by atoms with Gasteiger partial charge in [-0.05, 0) is 25.1 Å². The molecular weight excluding hydrogens is 134 g/mol. The number of oxazole rings is 1. The quantitative estimate of drug-likeness (QED) is 0.607. The predicted molar refractivity (Wildman–Crippen MR) is 35.9 cm³/mol. The van der Waals surface area contributed by atoms with E-state index in [1.54, 1.807) is 6.26 Å². The predicted octanol–water partition coefficient (Wildman–Crippen LogP) is 2.21. The van der Waals surface area contributed by atoms with Gasteiger partial charge in [-0.15, -0.1) is 0 Å². The molecule has 0 aromatic carbocycles. The maximum absolute atomic E-state index is 4.93. The number of aromatic amines is 1. The summed E-state index contributed by atoms with van der Waals surface area (Å²) in [4.78, 5) is 3.48. The fourth-order valence-electron chi connectivity index (χ4n) is 0.886. The molecule has 48 valence electrons. The molecule has 0 atom stereocenters. The lowest BCUT2D eigenvalue weighted by atomic mass is 10.3. The van der Waals surface area contributed by atoms with Gasteiger partial charge in [0.15, 0.2) is 0 Å². The average molecular weight is 141 g/mol. The summed E-state index contributed by atoms with van der Waals surface area (Å²) in [6.07, 6.45) is 4.29. The Hall–Kier alpha value is -0.570. The van der Waals surface area contributed by atoms with E-state index in [-0.39, 0.29) is 0 Å². The monoisotopic (exact) mass is 141 g/mol. The van der Waals surface area contributed by atoms with Crippen LogP contribution in [0.25, 0.3) is 0 Å². The highest BCUT2D eigenvalue weighted by Gasteiger charge is 2.25. The van der Waals surface area contributed by atoms with Crippen molar-refractivity contribution in [1.29, 1.82) is 0 Å². The molecule has 9 heavy (non-hydrogen) atoms. The van der Waals surface area contributed by atoms with E-state index in [0.717, 1.165) is 0 Å². The van der Waals surface area contributed by atoms with E-state index in [2.05, 4.69) is 4.98 Å². The second-order valence-corrected chi connectivity index (χ2v) is 2.75. The average Bonchev–Trinajstić information content (AvgIpc) is 2.58. The molecule has 0 amide bonds. The van der Waals surface area contributed by atoms with Crippen molar-refractivity contribution in [2.75, 3.05) is 0 Å². The molecule has 1 aliphatic rings. The lowest BCUT2D eigenvalue weighted by Crippen LogP contribution is -1.74. The van der Waals surface area contributed by atoms with Crippen molar-refractivity contribution in [2.24, 2.45) is 0 Å². The first-order valence-corrected chi connectivity index (χ1v) is 3.45. The number of aromatic nitrogens is 1. The Morgan fingerprint density at radius 3 is 2.89 bits per heavy atom. The third-order valence-electron chi connectivity index (χ3n) is 1.56. The lowest BCUT2D eigenvalue weighted by Gasteiger charge is -1.81. The molecule has 1 saturated carbocycles. The normalized spacial score (nSPS) is 18.2. The third-order valence-corrected chi connectivity index (χ3v) is 1.75. The van der Waals surface area contributed by atoms with Crippen LogP contribution in [0.2, 0.25) is 0 Å². The number of hydrogen-bond donors (Lipinski definition) is 1. The van der Waals surface area contributed by atoms with Gasteiger partial charge in [-0.1, -0.05) is 0 Å². The summed E-state index contributed by atoms with van der Waals surface area (Å²) in [5, 5.41) is 0. The van der Waals surface area contributed by atoms with Crippen molar-refractivity contribution in [3.8, 4) is 0 Å². The van der Waals surface area contributed by atoms with E-state index in [9.17, 15) is 0 Å². The smallest absolute Gasteiger partial charge is 0.266 e. The molecule has 0 radical (unpaired) electrons. The van der Waals surface area contributed by atoms with E-state index in [4.69, 9.17) is 16.6 Å². The fourth-order valence-corrected chi connectivity index (χ4v) is 1.05. The van der Waals surface area contributed by atoms with Gasteiger partial charge >= 0.3 is 0 Å². The molecule has 0 saturated heterocycles. The zero-order chi connectivity index (χ0) is 6.27. The van der Waals surface area contributed by atoms with Crippen molar-refractivity contribution < 1.29 is 4.42 Å². The summed E-state index contributed by atoms with van der Waals surface area (Å²) in [5.41, 5.74) is 1.17. The zero-order valence-electron chi connectivity index (χ0n) is 4.89. The summed E-state index contributed by atoms with van der Waals surface area (Å²) >= 11 is 4.76. The molecule has 1 N–H and O–H groups in total. The van der Waals surface area contributed by atoms with Crippen molar-refractivity contribution in [3.05, 3.63) is 16.8 Å². The van der Waals surface area contributed by atoms with Gasteiger partial charge < -0.3 is 9.40 Å². The number of nitrogens with one attached hydrogen (secondary N) is 1. The van der Waals surface area contributed by atoms with Crippen molar-refractivity contribution >= 4 is 12.2 Å². The highest BCUT2D eigenvalue weighted by molar-refractivity contribution is 7.71. The number of hydrogen-bond acceptors (Lipinski definition) is 2. The molecule has 1 aromatic rings. The lowest BCUT2D eigenvalue weighted by molar-refractivity contribution is 0.539. The van der Waals surface area contributed by atoms with Crippen LogP contribution >= 0.6 is 12.2 Å².